The monoisotopic (exact) mass is 303 g/mol. The lowest BCUT2D eigenvalue weighted by atomic mass is 10.1. The molecular weight excluding hydrogens is 286 g/mol. The van der Waals surface area contributed by atoms with Gasteiger partial charge in [0.05, 0.1) is 12.7 Å². The van der Waals surface area contributed by atoms with Crippen molar-refractivity contribution in [2.45, 2.75) is 37.6 Å². The Morgan fingerprint density at radius 1 is 1.50 bits per heavy atom. The fourth-order valence-electron chi connectivity index (χ4n) is 2.11. The van der Waals surface area contributed by atoms with Crippen molar-refractivity contribution in [3.63, 3.8) is 0 Å². The first-order valence-corrected chi connectivity index (χ1v) is 6.46. The molecule has 1 aliphatic rings. The maximum Gasteiger partial charge on any atom is 0.203 e. The minimum absolute atomic E-state index is 0.0433. The first kappa shape index (κ1) is 15.3. The van der Waals surface area contributed by atoms with Crippen LogP contribution in [0.15, 0.2) is 6.20 Å². The highest BCUT2D eigenvalue weighted by Gasteiger charge is 2.43. The summed E-state index contributed by atoms with van der Waals surface area (Å²) in [5, 5.41) is 38.4. The Labute approximate surface area is 120 Å². The fraction of sp³-hybridized carbons (Fsp3) is 0.636. The Hall–Kier alpha value is -1.10. The van der Waals surface area contributed by atoms with Crippen molar-refractivity contribution in [1.29, 1.82) is 0 Å². The van der Waals surface area contributed by atoms with Crippen molar-refractivity contribution < 1.29 is 25.2 Å². The predicted octanol–water partition coefficient (Wildman–Crippen LogP) is -1.14. The number of anilines is 1. The quantitative estimate of drug-likeness (QED) is 0.442. The van der Waals surface area contributed by atoms with E-state index in [-0.39, 0.29) is 10.6 Å². The summed E-state index contributed by atoms with van der Waals surface area (Å²) in [7, 11) is 0. The van der Waals surface area contributed by atoms with E-state index in [0.29, 0.717) is 5.56 Å². The summed E-state index contributed by atoms with van der Waals surface area (Å²) in [6.07, 6.45) is -3.87. The molecule has 2 rings (SSSR count). The van der Waals surface area contributed by atoms with E-state index in [1.165, 1.54) is 17.7 Å². The molecule has 0 spiro atoms. The number of aliphatic hydroxyl groups excluding tert-OH is 4. The highest BCUT2D eigenvalue weighted by molar-refractivity contribution is 7.71. The molecule has 1 unspecified atom stereocenters. The van der Waals surface area contributed by atoms with E-state index < -0.39 is 37.3 Å². The molecule has 1 saturated heterocycles. The lowest BCUT2D eigenvalue weighted by molar-refractivity contribution is -0.0543. The minimum Gasteiger partial charge on any atom is -0.394 e. The summed E-state index contributed by atoms with van der Waals surface area (Å²) in [4.78, 5) is 3.91. The van der Waals surface area contributed by atoms with Crippen LogP contribution in [0, 0.1) is 4.77 Å². The number of aromatic nitrogens is 2. The second kappa shape index (κ2) is 5.72. The number of nitrogens with zero attached hydrogens (tertiary/aromatic N) is 2. The van der Waals surface area contributed by atoms with Crippen molar-refractivity contribution in [3.8, 4) is 0 Å². The van der Waals surface area contributed by atoms with Gasteiger partial charge in [0.2, 0.25) is 4.77 Å². The maximum absolute atomic E-state index is 9.96. The molecule has 8 nitrogen and oxygen atoms in total. The Kier molecular flexibility index (Phi) is 4.37. The second-order valence-corrected chi connectivity index (χ2v) is 5.04. The molecule has 0 bridgehead atoms. The Bertz CT molecular complexity index is 549. The van der Waals surface area contributed by atoms with Crippen molar-refractivity contribution in [1.82, 2.24) is 9.55 Å². The van der Waals surface area contributed by atoms with Gasteiger partial charge in [0.25, 0.3) is 0 Å². The molecule has 1 aromatic rings. The van der Waals surface area contributed by atoms with Crippen LogP contribution >= 0.6 is 12.2 Å². The normalized spacial score (nSPS) is 31.4. The molecule has 20 heavy (non-hydrogen) atoms. The van der Waals surface area contributed by atoms with Crippen molar-refractivity contribution in [2.75, 3.05) is 12.3 Å². The SMILES string of the molecule is CC(O)c1cn([C@@H]2O[C@H](CO)[C@@H](O)[C@@H]2O)c(=S)nc1N. The van der Waals surface area contributed by atoms with E-state index in [4.69, 9.17) is 27.8 Å². The van der Waals surface area contributed by atoms with E-state index in [9.17, 15) is 15.3 Å². The zero-order valence-corrected chi connectivity index (χ0v) is 11.6. The Balaban J connectivity index is 2.43. The topological polar surface area (TPSA) is 134 Å². The van der Waals surface area contributed by atoms with E-state index in [0.717, 1.165) is 0 Å². The minimum atomic E-state index is -1.27. The van der Waals surface area contributed by atoms with Gasteiger partial charge in [0.1, 0.15) is 24.1 Å². The summed E-state index contributed by atoms with van der Waals surface area (Å²) < 4.78 is 6.71. The Morgan fingerprint density at radius 3 is 2.65 bits per heavy atom. The number of hydrogen-bond acceptors (Lipinski definition) is 8. The van der Waals surface area contributed by atoms with Crippen LogP contribution < -0.4 is 5.73 Å². The van der Waals surface area contributed by atoms with E-state index in [1.54, 1.807) is 0 Å². The van der Waals surface area contributed by atoms with Gasteiger partial charge < -0.3 is 30.9 Å². The standard InChI is InChI=1S/C11H17N3O5S/c1-4(16)5-2-14(11(20)13-9(5)12)10-8(18)7(17)6(3-15)19-10/h2,4,6-8,10,15-18H,3H2,1H3,(H2,12,13,20)/t4?,6-,7-,8+,10-/m1/s1. The number of ether oxygens (including phenoxy) is 1. The number of rotatable bonds is 3. The van der Waals surface area contributed by atoms with Gasteiger partial charge in [0.15, 0.2) is 6.23 Å². The molecule has 6 N–H and O–H groups in total. The van der Waals surface area contributed by atoms with Gasteiger partial charge in [-0.3, -0.25) is 4.57 Å². The predicted molar refractivity (Wildman–Crippen MR) is 71.1 cm³/mol. The molecular formula is C11H17N3O5S. The van der Waals surface area contributed by atoms with Crippen LogP contribution in [0.2, 0.25) is 0 Å². The van der Waals surface area contributed by atoms with Gasteiger partial charge in [-0.25, -0.2) is 4.98 Å². The van der Waals surface area contributed by atoms with Gasteiger partial charge in [-0.05, 0) is 19.1 Å². The van der Waals surface area contributed by atoms with Crippen molar-refractivity contribution in [3.05, 3.63) is 16.5 Å². The first-order valence-electron chi connectivity index (χ1n) is 6.06. The molecule has 1 aromatic heterocycles. The third kappa shape index (κ3) is 2.55. The van der Waals surface area contributed by atoms with E-state index in [1.807, 2.05) is 0 Å². The summed E-state index contributed by atoms with van der Waals surface area (Å²) in [5.41, 5.74) is 5.99. The molecule has 0 radical (unpaired) electrons. The van der Waals surface area contributed by atoms with Crippen LogP contribution in [-0.2, 0) is 4.74 Å². The molecule has 2 heterocycles. The number of aliphatic hydroxyl groups is 4. The Morgan fingerprint density at radius 2 is 2.15 bits per heavy atom. The molecule has 1 fully saturated rings. The lowest BCUT2D eigenvalue weighted by Crippen LogP contribution is -2.33. The number of hydrogen-bond donors (Lipinski definition) is 5. The summed E-state index contributed by atoms with van der Waals surface area (Å²) in [6.45, 7) is 1.08. The van der Waals surface area contributed by atoms with Gasteiger partial charge in [0, 0.05) is 11.8 Å². The van der Waals surface area contributed by atoms with E-state index >= 15 is 0 Å². The average molecular weight is 303 g/mol. The zero-order chi connectivity index (χ0) is 15.0. The summed E-state index contributed by atoms with van der Waals surface area (Å²) >= 11 is 5.04. The summed E-state index contributed by atoms with van der Waals surface area (Å²) in [5.74, 6) is 0.0907. The average Bonchev–Trinajstić information content (AvgIpc) is 2.66. The highest BCUT2D eigenvalue weighted by atomic mass is 32.1. The second-order valence-electron chi connectivity index (χ2n) is 4.68. The summed E-state index contributed by atoms with van der Waals surface area (Å²) in [6, 6.07) is 0. The number of nitrogen functional groups attached to an aromatic ring is 1. The molecule has 0 aromatic carbocycles. The van der Waals surface area contributed by atoms with E-state index in [2.05, 4.69) is 4.98 Å². The maximum atomic E-state index is 9.96. The molecule has 9 heteroatoms. The molecule has 1 aliphatic heterocycles. The molecule has 0 amide bonds. The van der Waals surface area contributed by atoms with Crippen molar-refractivity contribution >= 4 is 18.0 Å². The molecule has 0 aliphatic carbocycles. The van der Waals surface area contributed by atoms with Crippen LogP contribution in [0.4, 0.5) is 5.82 Å². The molecule has 5 atom stereocenters. The third-order valence-corrected chi connectivity index (χ3v) is 3.55. The van der Waals surface area contributed by atoms with Crippen LogP contribution in [0.1, 0.15) is 24.8 Å². The van der Waals surface area contributed by atoms with Crippen LogP contribution in [-0.4, -0.2) is 54.9 Å². The van der Waals surface area contributed by atoms with Gasteiger partial charge in [-0.1, -0.05) is 0 Å². The fourth-order valence-corrected chi connectivity index (χ4v) is 2.37. The smallest absolute Gasteiger partial charge is 0.203 e. The largest absolute Gasteiger partial charge is 0.394 e. The lowest BCUT2D eigenvalue weighted by Gasteiger charge is -2.20. The number of nitrogens with two attached hydrogens (primary N) is 1. The van der Waals surface area contributed by atoms with Gasteiger partial charge in [-0.15, -0.1) is 0 Å². The van der Waals surface area contributed by atoms with Crippen LogP contribution in [0.3, 0.4) is 0 Å². The first-order chi connectivity index (χ1) is 9.36. The highest BCUT2D eigenvalue weighted by Crippen LogP contribution is 2.30. The molecule has 0 saturated carbocycles. The van der Waals surface area contributed by atoms with Gasteiger partial charge >= 0.3 is 0 Å². The van der Waals surface area contributed by atoms with Gasteiger partial charge in [-0.2, -0.15) is 0 Å². The zero-order valence-electron chi connectivity index (χ0n) is 10.7. The third-order valence-electron chi connectivity index (χ3n) is 3.25. The molecule has 112 valence electrons. The van der Waals surface area contributed by atoms with Crippen LogP contribution in [0.25, 0.3) is 0 Å². The van der Waals surface area contributed by atoms with Crippen molar-refractivity contribution in [2.24, 2.45) is 0 Å². The van der Waals surface area contributed by atoms with Crippen LogP contribution in [0.5, 0.6) is 0 Å².